The summed E-state index contributed by atoms with van der Waals surface area (Å²) < 4.78 is 32.8. The van der Waals surface area contributed by atoms with Gasteiger partial charge in [0.2, 0.25) is 0 Å². The van der Waals surface area contributed by atoms with E-state index in [1.54, 1.807) is 0 Å². The Labute approximate surface area is 183 Å². The van der Waals surface area contributed by atoms with Gasteiger partial charge in [0.25, 0.3) is 0 Å². The quantitative estimate of drug-likeness (QED) is 0.201. The number of aromatic nitrogens is 1. The largest absolute Gasteiger partial charge is 0.308 e. The van der Waals surface area contributed by atoms with Crippen molar-refractivity contribution < 1.29 is 8.78 Å². The predicted octanol–water partition coefficient (Wildman–Crippen LogP) is 8.47. The zero-order valence-corrected chi connectivity index (χ0v) is 19.6. The van der Waals surface area contributed by atoms with Crippen LogP contribution >= 0.6 is 15.9 Å². The van der Waals surface area contributed by atoms with Gasteiger partial charge < -0.3 is 4.40 Å². The molecule has 5 rings (SSSR count). The van der Waals surface area contributed by atoms with Crippen molar-refractivity contribution in [2.75, 3.05) is 0 Å². The summed E-state index contributed by atoms with van der Waals surface area (Å²) in [6, 6.07) is 12.4. The van der Waals surface area contributed by atoms with Crippen molar-refractivity contribution in [2.45, 2.75) is 52.4 Å². The molecule has 0 aliphatic carbocycles. The summed E-state index contributed by atoms with van der Waals surface area (Å²) in [6.45, 7) is 12.8. The summed E-state index contributed by atoms with van der Waals surface area (Å²) in [5, 5.41) is 2.60. The number of nitrogens with zero attached hydrogens (tertiary/aromatic N) is 1. The minimum Gasteiger partial charge on any atom is -0.308 e. The molecule has 0 aliphatic rings. The lowest BCUT2D eigenvalue weighted by Gasteiger charge is -2.19. The van der Waals surface area contributed by atoms with Crippen LogP contribution in [-0.4, -0.2) is 4.40 Å². The fourth-order valence-electron chi connectivity index (χ4n) is 4.53. The topological polar surface area (TPSA) is 4.41 Å². The summed E-state index contributed by atoms with van der Waals surface area (Å²) in [7, 11) is 0. The molecule has 30 heavy (non-hydrogen) atoms. The highest BCUT2D eigenvalue weighted by Crippen LogP contribution is 2.45. The SMILES string of the molecule is CC(C)(C)c1ccc2c(c1)c1c(F)c(Br)c(F)c3c4cc(C(C)(C)C)ccc4n2c13. The van der Waals surface area contributed by atoms with E-state index in [1.807, 2.05) is 16.5 Å². The highest BCUT2D eigenvalue weighted by Gasteiger charge is 2.28. The molecule has 0 radical (unpaired) electrons. The summed E-state index contributed by atoms with van der Waals surface area (Å²) in [6.07, 6.45) is 0. The molecule has 0 bridgehead atoms. The number of halogens is 3. The van der Waals surface area contributed by atoms with Crippen molar-refractivity contribution in [3.8, 4) is 0 Å². The van der Waals surface area contributed by atoms with E-state index in [-0.39, 0.29) is 15.3 Å². The highest BCUT2D eigenvalue weighted by atomic mass is 79.9. The van der Waals surface area contributed by atoms with Crippen LogP contribution in [0.25, 0.3) is 38.1 Å². The van der Waals surface area contributed by atoms with E-state index in [4.69, 9.17) is 0 Å². The lowest BCUT2D eigenvalue weighted by molar-refractivity contribution is 0.587. The summed E-state index contributed by atoms with van der Waals surface area (Å²) in [5.41, 5.74) is 4.54. The first-order valence-corrected chi connectivity index (χ1v) is 11.0. The molecule has 0 unspecified atom stereocenters. The third-order valence-electron chi connectivity index (χ3n) is 6.27. The van der Waals surface area contributed by atoms with E-state index < -0.39 is 11.6 Å². The average molecular weight is 468 g/mol. The molecule has 2 aromatic heterocycles. The van der Waals surface area contributed by atoms with Crippen molar-refractivity contribution in [3.05, 3.63) is 63.6 Å². The summed E-state index contributed by atoms with van der Waals surface area (Å²) >= 11 is 3.19. The van der Waals surface area contributed by atoms with Crippen LogP contribution in [0.4, 0.5) is 8.78 Å². The smallest absolute Gasteiger partial charge is 0.150 e. The maximum atomic E-state index is 15.4. The van der Waals surface area contributed by atoms with E-state index in [2.05, 4.69) is 81.7 Å². The van der Waals surface area contributed by atoms with Crippen molar-refractivity contribution in [2.24, 2.45) is 0 Å². The van der Waals surface area contributed by atoms with Crippen molar-refractivity contribution in [1.29, 1.82) is 0 Å². The van der Waals surface area contributed by atoms with Gasteiger partial charge in [0.15, 0.2) is 0 Å². The second-order valence-corrected chi connectivity index (χ2v) is 11.1. The Morgan fingerprint density at radius 1 is 0.700 bits per heavy atom. The third-order valence-corrected chi connectivity index (χ3v) is 6.96. The first-order chi connectivity index (χ1) is 13.9. The molecule has 0 saturated carbocycles. The first-order valence-electron chi connectivity index (χ1n) is 10.2. The molecular weight excluding hydrogens is 444 g/mol. The second-order valence-electron chi connectivity index (χ2n) is 10.3. The van der Waals surface area contributed by atoms with Gasteiger partial charge in [0, 0.05) is 21.5 Å². The fraction of sp³-hybridized carbons (Fsp3) is 0.308. The van der Waals surface area contributed by atoms with Crippen molar-refractivity contribution in [3.63, 3.8) is 0 Å². The minimum atomic E-state index is -0.537. The fourth-order valence-corrected chi connectivity index (χ4v) is 4.93. The van der Waals surface area contributed by atoms with Crippen LogP contribution in [0.5, 0.6) is 0 Å². The van der Waals surface area contributed by atoms with Gasteiger partial charge in [-0.05, 0) is 62.2 Å². The van der Waals surface area contributed by atoms with E-state index in [0.29, 0.717) is 16.3 Å². The molecule has 0 saturated heterocycles. The normalized spacial score (nSPS) is 13.5. The number of rotatable bonds is 0. The zero-order chi connectivity index (χ0) is 21.7. The number of fused-ring (bicyclic) bond motifs is 6. The van der Waals surface area contributed by atoms with Gasteiger partial charge in [-0.15, -0.1) is 0 Å². The minimum absolute atomic E-state index is 0.0667. The molecule has 0 fully saturated rings. The molecule has 154 valence electrons. The van der Waals surface area contributed by atoms with E-state index in [9.17, 15) is 0 Å². The molecule has 0 N–H and O–H groups in total. The van der Waals surface area contributed by atoms with E-state index >= 15 is 8.78 Å². The Kier molecular flexibility index (Phi) is 3.91. The van der Waals surface area contributed by atoms with Gasteiger partial charge in [-0.3, -0.25) is 0 Å². The molecular formula is C26H24BrF2N. The van der Waals surface area contributed by atoms with Gasteiger partial charge in [0.1, 0.15) is 11.6 Å². The number of hydrogen-bond donors (Lipinski definition) is 0. The van der Waals surface area contributed by atoms with E-state index in [0.717, 1.165) is 32.9 Å². The van der Waals surface area contributed by atoms with Crippen molar-refractivity contribution >= 4 is 54.0 Å². The first kappa shape index (κ1) is 19.7. The van der Waals surface area contributed by atoms with Gasteiger partial charge in [-0.1, -0.05) is 53.7 Å². The Hall–Kier alpha value is -2.20. The molecule has 0 atom stereocenters. The molecule has 1 nitrogen and oxygen atoms in total. The van der Waals surface area contributed by atoms with Crippen molar-refractivity contribution in [1.82, 2.24) is 4.40 Å². The monoisotopic (exact) mass is 467 g/mol. The lowest BCUT2D eigenvalue weighted by atomic mass is 9.86. The van der Waals surface area contributed by atoms with Crippen LogP contribution in [0.1, 0.15) is 52.7 Å². The van der Waals surface area contributed by atoms with Gasteiger partial charge in [-0.2, -0.15) is 0 Å². The van der Waals surface area contributed by atoms with Crippen LogP contribution < -0.4 is 0 Å². The van der Waals surface area contributed by atoms with Crippen LogP contribution in [0, 0.1) is 11.6 Å². The van der Waals surface area contributed by atoms with Gasteiger partial charge in [-0.25, -0.2) is 8.78 Å². The molecule has 0 aliphatic heterocycles. The molecule has 0 spiro atoms. The maximum Gasteiger partial charge on any atom is 0.150 e. The number of hydrogen-bond acceptors (Lipinski definition) is 0. The molecule has 2 heterocycles. The third kappa shape index (κ3) is 2.49. The lowest BCUT2D eigenvalue weighted by Crippen LogP contribution is -2.10. The average Bonchev–Trinajstić information content (AvgIpc) is 3.15. The summed E-state index contributed by atoms with van der Waals surface area (Å²) in [5.74, 6) is -1.07. The number of benzene rings is 3. The Morgan fingerprint density at radius 2 is 1.10 bits per heavy atom. The van der Waals surface area contributed by atoms with Crippen LogP contribution in [0.15, 0.2) is 40.9 Å². The molecule has 5 aromatic rings. The summed E-state index contributed by atoms with van der Waals surface area (Å²) in [4.78, 5) is 0. The highest BCUT2D eigenvalue weighted by molar-refractivity contribution is 9.10. The standard InChI is InChI=1S/C26H24BrF2N/c1-25(2,3)13-7-9-17-15(11-13)19-22(28)21(27)23(29)20-16-12-14(26(4,5)6)8-10-18(16)30(17)24(19)20/h7-12H,1-6H3. The Balaban J connectivity index is 2.07. The van der Waals surface area contributed by atoms with Crippen LogP contribution in [-0.2, 0) is 10.8 Å². The zero-order valence-electron chi connectivity index (χ0n) is 18.0. The van der Waals surface area contributed by atoms with E-state index in [1.165, 1.54) is 0 Å². The Bertz CT molecular complexity index is 1370. The Morgan fingerprint density at radius 3 is 1.47 bits per heavy atom. The maximum absolute atomic E-state index is 15.4. The van der Waals surface area contributed by atoms with Crippen LogP contribution in [0.2, 0.25) is 0 Å². The second kappa shape index (κ2) is 5.94. The van der Waals surface area contributed by atoms with Gasteiger partial charge >= 0.3 is 0 Å². The molecule has 4 heteroatoms. The molecule has 0 amide bonds. The predicted molar refractivity (Wildman–Crippen MR) is 126 cm³/mol. The van der Waals surface area contributed by atoms with Gasteiger partial charge in [0.05, 0.1) is 21.0 Å². The molecule has 3 aromatic carbocycles. The van der Waals surface area contributed by atoms with Crippen LogP contribution in [0.3, 0.4) is 0 Å².